The van der Waals surface area contributed by atoms with Crippen LogP contribution in [0.25, 0.3) is 0 Å². The molecule has 0 aliphatic carbocycles. The number of hydrogen-bond donors (Lipinski definition) is 2. The molecule has 0 amide bonds. The lowest BCUT2D eigenvalue weighted by Gasteiger charge is -2.09. The van der Waals surface area contributed by atoms with Gasteiger partial charge in [0.15, 0.2) is 0 Å². The number of benzene rings is 1. The Bertz CT molecular complexity index is 1060. The van der Waals surface area contributed by atoms with Crippen molar-refractivity contribution in [2.45, 2.75) is 31.6 Å². The molecule has 10 heteroatoms. The van der Waals surface area contributed by atoms with Gasteiger partial charge in [-0.15, -0.1) is 0 Å². The molecule has 7 nitrogen and oxygen atoms in total. The van der Waals surface area contributed by atoms with Crippen molar-refractivity contribution in [3.05, 3.63) is 65.2 Å². The molecule has 3 aromatic rings. The molecular weight excluding hydrogens is 402 g/mol. The van der Waals surface area contributed by atoms with E-state index in [0.717, 1.165) is 42.0 Å². The van der Waals surface area contributed by atoms with Crippen LogP contribution >= 0.6 is 0 Å². The van der Waals surface area contributed by atoms with Crippen LogP contribution in [-0.4, -0.2) is 25.1 Å². The van der Waals surface area contributed by atoms with E-state index in [0.29, 0.717) is 18.4 Å². The third kappa shape index (κ3) is 5.29. The molecule has 29 heavy (non-hydrogen) atoms. The van der Waals surface area contributed by atoms with Crippen molar-refractivity contribution in [2.24, 2.45) is 0 Å². The van der Waals surface area contributed by atoms with Gasteiger partial charge in [0.05, 0.1) is 11.4 Å². The van der Waals surface area contributed by atoms with Crippen LogP contribution in [-0.2, 0) is 16.4 Å². The lowest BCUT2D eigenvalue weighted by molar-refractivity contribution is 0.392. The molecule has 0 atom stereocenters. The zero-order valence-corrected chi connectivity index (χ0v) is 16.7. The Morgan fingerprint density at radius 2 is 1.83 bits per heavy atom. The fourth-order valence-electron chi connectivity index (χ4n) is 2.81. The summed E-state index contributed by atoms with van der Waals surface area (Å²) in [4.78, 5) is 3.96. The summed E-state index contributed by atoms with van der Waals surface area (Å²) in [5.74, 6) is -0.436. The Labute approximate surface area is 167 Å². The number of nitrogens with one attached hydrogen (secondary N) is 2. The zero-order valence-electron chi connectivity index (χ0n) is 15.9. The monoisotopic (exact) mass is 422 g/mol. The summed E-state index contributed by atoms with van der Waals surface area (Å²) in [5, 5.41) is 7.03. The maximum atomic E-state index is 13.2. The smallest absolute Gasteiger partial charge is 0.263 e. The van der Waals surface area contributed by atoms with Gasteiger partial charge in [-0.2, -0.15) is 0 Å². The largest absolute Gasteiger partial charge is 0.370 e. The second-order valence-corrected chi connectivity index (χ2v) is 8.16. The highest BCUT2D eigenvalue weighted by Gasteiger charge is 2.16. The van der Waals surface area contributed by atoms with Crippen molar-refractivity contribution in [3.8, 4) is 0 Å². The topological polar surface area (TPSA) is 97.1 Å². The predicted molar refractivity (Wildman–Crippen MR) is 104 cm³/mol. The summed E-state index contributed by atoms with van der Waals surface area (Å²) < 4.78 is 58.4. The molecule has 2 aromatic heterocycles. The highest BCUT2D eigenvalue weighted by atomic mass is 32.2. The number of anilines is 2. The number of rotatable bonds is 8. The lowest BCUT2D eigenvalue weighted by atomic mass is 10.1. The van der Waals surface area contributed by atoms with Crippen LogP contribution in [0, 0.1) is 25.5 Å². The van der Waals surface area contributed by atoms with Gasteiger partial charge in [0.25, 0.3) is 10.0 Å². The van der Waals surface area contributed by atoms with Crippen LogP contribution in [0.3, 0.4) is 0 Å². The summed E-state index contributed by atoms with van der Waals surface area (Å²) in [6.45, 7) is 4.39. The Morgan fingerprint density at radius 1 is 1.10 bits per heavy atom. The summed E-state index contributed by atoms with van der Waals surface area (Å²) in [7, 11) is -4.02. The first kappa shape index (κ1) is 20.7. The van der Waals surface area contributed by atoms with Crippen molar-refractivity contribution in [2.75, 3.05) is 16.6 Å². The van der Waals surface area contributed by atoms with E-state index in [4.69, 9.17) is 4.52 Å². The molecular formula is C19H20F2N4O3S. The van der Waals surface area contributed by atoms with Gasteiger partial charge in [-0.25, -0.2) is 22.2 Å². The maximum Gasteiger partial charge on any atom is 0.263 e. The molecule has 0 spiro atoms. The molecule has 2 N–H and O–H groups in total. The number of sulfonamides is 1. The first-order valence-electron chi connectivity index (χ1n) is 8.85. The van der Waals surface area contributed by atoms with Gasteiger partial charge in [0.1, 0.15) is 28.1 Å². The van der Waals surface area contributed by atoms with Crippen LogP contribution in [0.4, 0.5) is 20.3 Å². The van der Waals surface area contributed by atoms with Gasteiger partial charge in [-0.1, -0.05) is 5.16 Å². The van der Waals surface area contributed by atoms with Crippen LogP contribution in [0.15, 0.2) is 45.9 Å². The van der Waals surface area contributed by atoms with Crippen LogP contribution in [0.1, 0.15) is 23.4 Å². The predicted octanol–water partition coefficient (Wildman–Crippen LogP) is 3.81. The Balaban J connectivity index is 1.57. The van der Waals surface area contributed by atoms with E-state index in [1.54, 1.807) is 0 Å². The number of pyridine rings is 1. The minimum atomic E-state index is -4.02. The molecule has 0 unspecified atom stereocenters. The minimum absolute atomic E-state index is 0.122. The summed E-state index contributed by atoms with van der Waals surface area (Å²) in [6, 6.07) is 5.33. The first-order chi connectivity index (χ1) is 13.7. The first-order valence-corrected chi connectivity index (χ1v) is 10.3. The van der Waals surface area contributed by atoms with Crippen molar-refractivity contribution in [1.29, 1.82) is 0 Å². The van der Waals surface area contributed by atoms with Crippen molar-refractivity contribution in [1.82, 2.24) is 10.1 Å². The van der Waals surface area contributed by atoms with Gasteiger partial charge in [0.2, 0.25) is 0 Å². The SMILES string of the molecule is Cc1noc(C)c1CCCNc1ccc(S(=O)(=O)Nc2cc(F)cc(F)c2)cn1. The van der Waals surface area contributed by atoms with Gasteiger partial charge >= 0.3 is 0 Å². The third-order valence-corrected chi connectivity index (χ3v) is 5.62. The van der Waals surface area contributed by atoms with E-state index in [-0.39, 0.29) is 10.6 Å². The van der Waals surface area contributed by atoms with Gasteiger partial charge in [-0.05, 0) is 51.0 Å². The molecule has 154 valence electrons. The average Bonchev–Trinajstić information content (AvgIpc) is 2.96. The van der Waals surface area contributed by atoms with Crippen molar-refractivity contribution in [3.63, 3.8) is 0 Å². The average molecular weight is 422 g/mol. The number of aromatic nitrogens is 2. The molecule has 2 heterocycles. The molecule has 0 aliphatic rings. The fourth-order valence-corrected chi connectivity index (χ4v) is 3.80. The Kier molecular flexibility index (Phi) is 6.12. The highest BCUT2D eigenvalue weighted by Crippen LogP contribution is 2.19. The van der Waals surface area contributed by atoms with Gasteiger partial charge < -0.3 is 9.84 Å². The second-order valence-electron chi connectivity index (χ2n) is 6.48. The van der Waals surface area contributed by atoms with Crippen molar-refractivity contribution < 1.29 is 21.7 Å². The van der Waals surface area contributed by atoms with E-state index in [1.165, 1.54) is 18.3 Å². The summed E-state index contributed by atoms with van der Waals surface area (Å²) in [5.41, 5.74) is 1.76. The number of hydrogen-bond acceptors (Lipinski definition) is 6. The van der Waals surface area contributed by atoms with E-state index in [9.17, 15) is 17.2 Å². The Hall–Kier alpha value is -3.01. The molecule has 3 rings (SSSR count). The standard InChI is InChI=1S/C19H20F2N4O3S/c1-12-18(13(2)28-24-12)4-3-7-22-19-6-5-17(11-23-19)29(26,27)25-16-9-14(20)8-15(21)10-16/h5-6,8-11,25H,3-4,7H2,1-2H3,(H,22,23). The van der Waals surface area contributed by atoms with Crippen LogP contribution in [0.5, 0.6) is 0 Å². The lowest BCUT2D eigenvalue weighted by Crippen LogP contribution is -2.14. The molecule has 0 bridgehead atoms. The van der Waals surface area contributed by atoms with Gasteiger partial charge in [0, 0.05) is 24.4 Å². The molecule has 0 saturated carbocycles. The van der Waals surface area contributed by atoms with Gasteiger partial charge in [-0.3, -0.25) is 4.72 Å². The quantitative estimate of drug-likeness (QED) is 0.536. The Morgan fingerprint density at radius 3 is 2.41 bits per heavy atom. The zero-order chi connectivity index (χ0) is 21.0. The number of nitrogens with zero attached hydrogens (tertiary/aromatic N) is 2. The van der Waals surface area contributed by atoms with E-state index >= 15 is 0 Å². The minimum Gasteiger partial charge on any atom is -0.370 e. The fraction of sp³-hybridized carbons (Fsp3) is 0.263. The maximum absolute atomic E-state index is 13.2. The summed E-state index contributed by atoms with van der Waals surface area (Å²) >= 11 is 0. The number of halogens is 2. The van der Waals surface area contributed by atoms with E-state index in [2.05, 4.69) is 20.2 Å². The van der Waals surface area contributed by atoms with E-state index < -0.39 is 21.7 Å². The third-order valence-electron chi connectivity index (χ3n) is 4.25. The van der Waals surface area contributed by atoms with E-state index in [1.807, 2.05) is 13.8 Å². The second kappa shape index (κ2) is 8.56. The van der Waals surface area contributed by atoms with Crippen LogP contribution < -0.4 is 10.0 Å². The molecule has 0 fully saturated rings. The molecule has 0 aliphatic heterocycles. The molecule has 0 radical (unpaired) electrons. The number of aryl methyl sites for hydroxylation is 2. The summed E-state index contributed by atoms with van der Waals surface area (Å²) in [6.07, 6.45) is 2.79. The highest BCUT2D eigenvalue weighted by molar-refractivity contribution is 7.92. The van der Waals surface area contributed by atoms with Crippen LogP contribution in [0.2, 0.25) is 0 Å². The molecule has 1 aromatic carbocycles. The molecule has 0 saturated heterocycles. The van der Waals surface area contributed by atoms with Crippen molar-refractivity contribution >= 4 is 21.5 Å². The normalized spacial score (nSPS) is 11.4.